The number of nitrogens with zero attached hydrogens (tertiary/aromatic N) is 3. The first-order chi connectivity index (χ1) is 13.1. The molecule has 1 amide bonds. The van der Waals surface area contributed by atoms with Crippen LogP contribution in [-0.2, 0) is 6.42 Å². The molecule has 0 fully saturated rings. The Morgan fingerprint density at radius 1 is 1.15 bits per heavy atom. The van der Waals surface area contributed by atoms with Crippen molar-refractivity contribution in [2.45, 2.75) is 6.42 Å². The molecule has 0 saturated carbocycles. The summed E-state index contributed by atoms with van der Waals surface area (Å²) in [5, 5.41) is 23.9. The van der Waals surface area contributed by atoms with Gasteiger partial charge < -0.3 is 4.98 Å². The van der Waals surface area contributed by atoms with Crippen LogP contribution >= 0.6 is 11.3 Å². The Bertz CT molecular complexity index is 1150. The first-order valence-corrected chi connectivity index (χ1v) is 8.85. The summed E-state index contributed by atoms with van der Waals surface area (Å²) >= 11 is 1.24. The van der Waals surface area contributed by atoms with Crippen molar-refractivity contribution in [1.29, 1.82) is 0 Å². The van der Waals surface area contributed by atoms with Crippen LogP contribution in [0, 0.1) is 10.1 Å². The summed E-state index contributed by atoms with van der Waals surface area (Å²) in [7, 11) is 0. The van der Waals surface area contributed by atoms with Gasteiger partial charge in [-0.25, -0.2) is 0 Å². The van der Waals surface area contributed by atoms with Crippen LogP contribution in [0.2, 0.25) is 0 Å². The van der Waals surface area contributed by atoms with E-state index in [0.29, 0.717) is 11.6 Å². The molecule has 2 aromatic heterocycles. The molecule has 0 unspecified atom stereocenters. The van der Waals surface area contributed by atoms with Gasteiger partial charge in [-0.2, -0.15) is 0 Å². The molecule has 2 N–H and O–H groups in total. The zero-order valence-electron chi connectivity index (χ0n) is 13.9. The molecule has 2 aromatic carbocycles. The number of carbonyl (C=O) groups is 1. The van der Waals surface area contributed by atoms with Gasteiger partial charge in [0.25, 0.3) is 11.6 Å². The van der Waals surface area contributed by atoms with E-state index in [9.17, 15) is 14.9 Å². The van der Waals surface area contributed by atoms with Crippen LogP contribution in [0.25, 0.3) is 10.9 Å². The third-order valence-electron chi connectivity index (χ3n) is 4.05. The summed E-state index contributed by atoms with van der Waals surface area (Å²) in [5.74, 6) is -0.586. The number of carbonyl (C=O) groups excluding carboxylic acids is 1. The highest BCUT2D eigenvalue weighted by atomic mass is 32.1. The fraction of sp³-hybridized carbons (Fsp3) is 0.0556. The molecular weight excluding hydrogens is 366 g/mol. The number of hydrogen-bond acceptors (Lipinski definition) is 6. The fourth-order valence-corrected chi connectivity index (χ4v) is 3.56. The summed E-state index contributed by atoms with van der Waals surface area (Å²) in [6.07, 6.45) is 2.50. The van der Waals surface area contributed by atoms with E-state index in [-0.39, 0.29) is 11.3 Å². The van der Waals surface area contributed by atoms with E-state index in [1.807, 2.05) is 30.5 Å². The second-order valence-corrected chi connectivity index (χ2v) is 6.83. The highest BCUT2D eigenvalue weighted by Crippen LogP contribution is 2.25. The van der Waals surface area contributed by atoms with Gasteiger partial charge in [-0.1, -0.05) is 41.7 Å². The lowest BCUT2D eigenvalue weighted by Crippen LogP contribution is -2.13. The minimum absolute atomic E-state index is 0.0177. The van der Waals surface area contributed by atoms with Gasteiger partial charge >= 0.3 is 0 Å². The fourth-order valence-electron chi connectivity index (χ4n) is 2.81. The Balaban J connectivity index is 1.52. The third-order valence-corrected chi connectivity index (χ3v) is 4.89. The van der Waals surface area contributed by atoms with Crippen LogP contribution in [0.15, 0.2) is 54.7 Å². The Kier molecular flexibility index (Phi) is 4.35. The van der Waals surface area contributed by atoms with E-state index < -0.39 is 10.8 Å². The Hall–Kier alpha value is -3.59. The van der Waals surface area contributed by atoms with Crippen LogP contribution in [0.3, 0.4) is 0 Å². The molecule has 0 radical (unpaired) electrons. The maximum absolute atomic E-state index is 12.4. The summed E-state index contributed by atoms with van der Waals surface area (Å²) in [6.45, 7) is 0. The smallest absolute Gasteiger partial charge is 0.282 e. The Labute approximate surface area is 157 Å². The zero-order valence-corrected chi connectivity index (χ0v) is 14.7. The molecule has 0 bridgehead atoms. The maximum Gasteiger partial charge on any atom is 0.282 e. The minimum atomic E-state index is -0.586. The first kappa shape index (κ1) is 16.9. The number of nitro groups is 1. The summed E-state index contributed by atoms with van der Waals surface area (Å²) in [6, 6.07) is 13.7. The topological polar surface area (TPSA) is 114 Å². The molecule has 4 aromatic rings. The van der Waals surface area contributed by atoms with Crippen LogP contribution in [0.5, 0.6) is 0 Å². The molecular formula is C18H13N5O3S. The molecule has 0 aliphatic carbocycles. The van der Waals surface area contributed by atoms with Crippen molar-refractivity contribution in [3.8, 4) is 0 Å². The number of aromatic nitrogens is 3. The number of hydrogen-bond donors (Lipinski definition) is 2. The van der Waals surface area contributed by atoms with Crippen molar-refractivity contribution in [3.63, 3.8) is 0 Å². The normalized spacial score (nSPS) is 10.8. The van der Waals surface area contributed by atoms with E-state index in [0.717, 1.165) is 21.5 Å². The molecule has 0 saturated heterocycles. The average molecular weight is 379 g/mol. The van der Waals surface area contributed by atoms with E-state index >= 15 is 0 Å². The van der Waals surface area contributed by atoms with Gasteiger partial charge in [-0.05, 0) is 17.7 Å². The number of nitrogens with one attached hydrogen (secondary N) is 2. The van der Waals surface area contributed by atoms with Crippen molar-refractivity contribution in [1.82, 2.24) is 15.2 Å². The van der Waals surface area contributed by atoms with Gasteiger partial charge in [-0.3, -0.25) is 20.2 Å². The van der Waals surface area contributed by atoms with Crippen molar-refractivity contribution in [2.24, 2.45) is 0 Å². The van der Waals surface area contributed by atoms with Crippen LogP contribution in [0.4, 0.5) is 10.8 Å². The average Bonchev–Trinajstić information content (AvgIpc) is 3.29. The molecule has 2 heterocycles. The third kappa shape index (κ3) is 3.40. The van der Waals surface area contributed by atoms with Crippen molar-refractivity contribution >= 4 is 39.0 Å². The predicted octanol–water partition coefficient (Wildman–Crippen LogP) is 3.77. The molecule has 8 nitrogen and oxygen atoms in total. The highest BCUT2D eigenvalue weighted by Gasteiger charge is 2.20. The number of aromatic amines is 1. The molecule has 4 rings (SSSR count). The van der Waals surface area contributed by atoms with Gasteiger partial charge in [0.05, 0.1) is 4.92 Å². The van der Waals surface area contributed by atoms with Crippen LogP contribution in [0.1, 0.15) is 20.9 Å². The van der Waals surface area contributed by atoms with Crippen LogP contribution < -0.4 is 5.32 Å². The van der Waals surface area contributed by atoms with Crippen molar-refractivity contribution in [2.75, 3.05) is 5.32 Å². The van der Waals surface area contributed by atoms with Crippen LogP contribution in [-0.4, -0.2) is 26.0 Å². The van der Waals surface area contributed by atoms with Gasteiger partial charge in [0.15, 0.2) is 0 Å². The lowest BCUT2D eigenvalue weighted by atomic mass is 10.1. The Morgan fingerprint density at radius 2 is 1.93 bits per heavy atom. The molecule has 0 atom stereocenters. The van der Waals surface area contributed by atoms with E-state index in [4.69, 9.17) is 0 Å². The number of fused-ring (bicyclic) bond motifs is 1. The summed E-state index contributed by atoms with van der Waals surface area (Å²) in [5.41, 5.74) is 1.86. The standard InChI is InChI=1S/C18H13N5O3S/c24-17(13-6-2-4-8-15(13)23(25)26)20-18-22-21-16(27-18)9-11-10-19-14-7-3-1-5-12(11)14/h1-8,10,19H,9H2,(H,20,22,24). The van der Waals surface area contributed by atoms with E-state index in [2.05, 4.69) is 20.5 Å². The zero-order chi connectivity index (χ0) is 18.8. The van der Waals surface area contributed by atoms with Crippen molar-refractivity contribution < 1.29 is 9.72 Å². The quantitative estimate of drug-likeness (QED) is 0.405. The molecule has 134 valence electrons. The lowest BCUT2D eigenvalue weighted by molar-refractivity contribution is -0.385. The number of benzene rings is 2. The second-order valence-electron chi connectivity index (χ2n) is 5.77. The summed E-state index contributed by atoms with van der Waals surface area (Å²) in [4.78, 5) is 26.0. The van der Waals surface area contributed by atoms with Gasteiger partial charge in [-0.15, -0.1) is 10.2 Å². The van der Waals surface area contributed by atoms with Crippen molar-refractivity contribution in [3.05, 3.63) is 81.0 Å². The minimum Gasteiger partial charge on any atom is -0.361 e. The highest BCUT2D eigenvalue weighted by molar-refractivity contribution is 7.15. The van der Waals surface area contributed by atoms with Gasteiger partial charge in [0, 0.05) is 29.6 Å². The number of nitro benzene ring substituents is 1. The Morgan fingerprint density at radius 3 is 2.78 bits per heavy atom. The lowest BCUT2D eigenvalue weighted by Gasteiger charge is -2.01. The molecule has 27 heavy (non-hydrogen) atoms. The first-order valence-electron chi connectivity index (χ1n) is 8.04. The molecule has 9 heteroatoms. The predicted molar refractivity (Wildman–Crippen MR) is 102 cm³/mol. The number of H-pyrrole nitrogens is 1. The second kappa shape index (κ2) is 6.96. The van der Waals surface area contributed by atoms with Gasteiger partial charge in [0.2, 0.25) is 5.13 Å². The van der Waals surface area contributed by atoms with E-state index in [1.165, 1.54) is 29.5 Å². The number of anilines is 1. The number of rotatable bonds is 5. The monoisotopic (exact) mass is 379 g/mol. The summed E-state index contributed by atoms with van der Waals surface area (Å²) < 4.78 is 0. The SMILES string of the molecule is O=C(Nc1nnc(Cc2c[nH]c3ccccc23)s1)c1ccccc1[N+](=O)[O-]. The maximum atomic E-state index is 12.4. The number of para-hydroxylation sites is 2. The largest absolute Gasteiger partial charge is 0.361 e. The van der Waals surface area contributed by atoms with E-state index in [1.54, 1.807) is 6.07 Å². The van der Waals surface area contributed by atoms with Gasteiger partial charge in [0.1, 0.15) is 10.6 Å². The molecule has 0 spiro atoms. The molecule has 0 aliphatic rings. The number of amides is 1. The molecule has 0 aliphatic heterocycles.